The van der Waals surface area contributed by atoms with Gasteiger partial charge in [0.1, 0.15) is 5.69 Å². The zero-order valence-electron chi connectivity index (χ0n) is 9.74. The summed E-state index contributed by atoms with van der Waals surface area (Å²) in [6, 6.07) is 8.90. The highest BCUT2D eigenvalue weighted by atomic mass is 32.1. The van der Waals surface area contributed by atoms with Crippen LogP contribution in [0.15, 0.2) is 52.6 Å². The molecule has 19 heavy (non-hydrogen) atoms. The zero-order valence-corrected chi connectivity index (χ0v) is 10.6. The molecule has 0 bridgehead atoms. The predicted octanol–water partition coefficient (Wildman–Crippen LogP) is 3.05. The number of hydrogen-bond acceptors (Lipinski definition) is 5. The van der Waals surface area contributed by atoms with Crippen LogP contribution < -0.4 is 5.32 Å². The van der Waals surface area contributed by atoms with Crippen molar-refractivity contribution in [3.8, 4) is 11.3 Å². The molecule has 0 unspecified atom stereocenters. The maximum absolute atomic E-state index is 11.8. The average molecular weight is 271 g/mol. The Kier molecular flexibility index (Phi) is 3.07. The first-order chi connectivity index (χ1) is 9.33. The molecule has 0 atom stereocenters. The van der Waals surface area contributed by atoms with Gasteiger partial charge >= 0.3 is 0 Å². The van der Waals surface area contributed by atoms with Crippen molar-refractivity contribution in [3.63, 3.8) is 0 Å². The molecule has 94 valence electrons. The number of hydrogen-bond donors (Lipinski definition) is 1. The Balaban J connectivity index is 1.77. The van der Waals surface area contributed by atoms with E-state index in [-0.39, 0.29) is 5.91 Å². The number of aromatic nitrogens is 2. The number of thiophene rings is 1. The quantitative estimate of drug-likeness (QED) is 0.795. The van der Waals surface area contributed by atoms with Crippen LogP contribution in [-0.4, -0.2) is 16.0 Å². The molecule has 1 N–H and O–H groups in total. The summed E-state index contributed by atoms with van der Waals surface area (Å²) in [5, 5.41) is 8.41. The first-order valence-electron chi connectivity index (χ1n) is 5.55. The topological polar surface area (TPSA) is 68.0 Å². The third-order valence-electron chi connectivity index (χ3n) is 2.47. The second-order valence-electron chi connectivity index (χ2n) is 3.74. The molecule has 0 spiro atoms. The molecule has 6 heteroatoms. The van der Waals surface area contributed by atoms with Crippen LogP contribution in [-0.2, 0) is 0 Å². The summed E-state index contributed by atoms with van der Waals surface area (Å²) >= 11 is 1.37. The minimum Gasteiger partial charge on any atom is -0.338 e. The van der Waals surface area contributed by atoms with Crippen molar-refractivity contribution >= 4 is 23.1 Å². The van der Waals surface area contributed by atoms with E-state index in [4.69, 9.17) is 4.52 Å². The highest BCUT2D eigenvalue weighted by Crippen LogP contribution is 2.21. The van der Waals surface area contributed by atoms with E-state index in [2.05, 4.69) is 15.5 Å². The van der Waals surface area contributed by atoms with E-state index < -0.39 is 0 Å². The SMILES string of the molecule is O=C(Nc1cc(-c2ccncc2)no1)c1cccs1. The van der Waals surface area contributed by atoms with Crippen molar-refractivity contribution in [1.29, 1.82) is 0 Å². The Morgan fingerprint density at radius 1 is 1.26 bits per heavy atom. The molecule has 3 rings (SSSR count). The second kappa shape index (κ2) is 5.03. The summed E-state index contributed by atoms with van der Waals surface area (Å²) in [5.74, 6) is 0.123. The van der Waals surface area contributed by atoms with Crippen LogP contribution in [0.4, 0.5) is 5.88 Å². The lowest BCUT2D eigenvalue weighted by atomic mass is 10.2. The summed E-state index contributed by atoms with van der Waals surface area (Å²) in [7, 11) is 0. The van der Waals surface area contributed by atoms with Crippen LogP contribution in [0.1, 0.15) is 9.67 Å². The lowest BCUT2D eigenvalue weighted by Crippen LogP contribution is -2.09. The summed E-state index contributed by atoms with van der Waals surface area (Å²) in [5.41, 5.74) is 1.54. The van der Waals surface area contributed by atoms with Crippen molar-refractivity contribution in [1.82, 2.24) is 10.1 Å². The maximum atomic E-state index is 11.8. The van der Waals surface area contributed by atoms with Gasteiger partial charge in [-0.05, 0) is 23.6 Å². The number of rotatable bonds is 3. The van der Waals surface area contributed by atoms with E-state index in [1.54, 1.807) is 24.5 Å². The Labute approximate surface area is 112 Å². The van der Waals surface area contributed by atoms with E-state index in [1.165, 1.54) is 11.3 Å². The fourth-order valence-corrected chi connectivity index (χ4v) is 2.19. The predicted molar refractivity (Wildman–Crippen MR) is 72.0 cm³/mol. The number of carbonyl (C=O) groups excluding carboxylic acids is 1. The van der Waals surface area contributed by atoms with Gasteiger partial charge in [0.15, 0.2) is 0 Å². The fourth-order valence-electron chi connectivity index (χ4n) is 1.57. The molecular formula is C13H9N3O2S. The lowest BCUT2D eigenvalue weighted by Gasteiger charge is -1.96. The zero-order chi connectivity index (χ0) is 13.1. The summed E-state index contributed by atoms with van der Waals surface area (Å²) in [6.07, 6.45) is 3.35. The minimum absolute atomic E-state index is 0.201. The van der Waals surface area contributed by atoms with Gasteiger partial charge in [-0.1, -0.05) is 11.2 Å². The Morgan fingerprint density at radius 3 is 2.84 bits per heavy atom. The number of carbonyl (C=O) groups is 1. The molecule has 0 saturated carbocycles. The van der Waals surface area contributed by atoms with Gasteiger partial charge in [-0.15, -0.1) is 11.3 Å². The van der Waals surface area contributed by atoms with Gasteiger partial charge < -0.3 is 4.52 Å². The summed E-state index contributed by atoms with van der Waals surface area (Å²) < 4.78 is 5.09. The minimum atomic E-state index is -0.201. The molecule has 3 aromatic heterocycles. The van der Waals surface area contributed by atoms with Gasteiger partial charge in [0.25, 0.3) is 5.91 Å². The van der Waals surface area contributed by atoms with E-state index >= 15 is 0 Å². The number of anilines is 1. The number of nitrogens with zero attached hydrogens (tertiary/aromatic N) is 2. The van der Waals surface area contributed by atoms with Crippen molar-refractivity contribution in [2.45, 2.75) is 0 Å². The van der Waals surface area contributed by atoms with Crippen molar-refractivity contribution in [2.24, 2.45) is 0 Å². The Bertz CT molecular complexity index is 677. The Morgan fingerprint density at radius 2 is 2.11 bits per heavy atom. The molecule has 0 aromatic carbocycles. The van der Waals surface area contributed by atoms with Gasteiger partial charge in [-0.3, -0.25) is 15.1 Å². The molecule has 5 nitrogen and oxygen atoms in total. The van der Waals surface area contributed by atoms with E-state index in [9.17, 15) is 4.79 Å². The molecule has 0 saturated heterocycles. The third kappa shape index (κ3) is 2.53. The normalized spacial score (nSPS) is 10.3. The van der Waals surface area contributed by atoms with Crippen molar-refractivity contribution < 1.29 is 9.32 Å². The van der Waals surface area contributed by atoms with Crippen LogP contribution in [0, 0.1) is 0 Å². The molecule has 0 aliphatic heterocycles. The number of amides is 1. The Hall–Kier alpha value is -2.47. The van der Waals surface area contributed by atoms with Crippen molar-refractivity contribution in [2.75, 3.05) is 5.32 Å². The highest BCUT2D eigenvalue weighted by Gasteiger charge is 2.11. The van der Waals surface area contributed by atoms with Gasteiger partial charge in [-0.2, -0.15) is 0 Å². The lowest BCUT2D eigenvalue weighted by molar-refractivity contribution is 0.102. The number of pyridine rings is 1. The molecule has 0 fully saturated rings. The van der Waals surface area contributed by atoms with Gasteiger partial charge in [0.2, 0.25) is 5.88 Å². The first-order valence-corrected chi connectivity index (χ1v) is 6.43. The molecule has 0 radical (unpaired) electrons. The summed E-state index contributed by atoms with van der Waals surface area (Å²) in [4.78, 5) is 16.4. The van der Waals surface area contributed by atoms with Gasteiger partial charge in [0, 0.05) is 24.0 Å². The van der Waals surface area contributed by atoms with E-state index in [0.29, 0.717) is 16.5 Å². The van der Waals surface area contributed by atoms with Crippen LogP contribution in [0.3, 0.4) is 0 Å². The third-order valence-corrected chi connectivity index (χ3v) is 3.34. The smallest absolute Gasteiger partial charge is 0.268 e. The molecule has 3 aromatic rings. The van der Waals surface area contributed by atoms with E-state index in [1.807, 2.05) is 23.6 Å². The molecule has 0 aliphatic carbocycles. The average Bonchev–Trinajstić information content (AvgIpc) is 3.11. The monoisotopic (exact) mass is 271 g/mol. The van der Waals surface area contributed by atoms with Crippen LogP contribution in [0.2, 0.25) is 0 Å². The first kappa shape index (κ1) is 11.6. The molecule has 0 aliphatic rings. The van der Waals surface area contributed by atoms with Crippen LogP contribution in [0.5, 0.6) is 0 Å². The fraction of sp³-hybridized carbons (Fsp3) is 0. The molecular weight excluding hydrogens is 262 g/mol. The van der Waals surface area contributed by atoms with E-state index in [0.717, 1.165) is 5.56 Å². The van der Waals surface area contributed by atoms with Gasteiger partial charge in [0.05, 0.1) is 4.88 Å². The largest absolute Gasteiger partial charge is 0.338 e. The summed E-state index contributed by atoms with van der Waals surface area (Å²) in [6.45, 7) is 0. The number of nitrogens with one attached hydrogen (secondary N) is 1. The van der Waals surface area contributed by atoms with Crippen LogP contribution in [0.25, 0.3) is 11.3 Å². The van der Waals surface area contributed by atoms with Crippen LogP contribution >= 0.6 is 11.3 Å². The maximum Gasteiger partial charge on any atom is 0.268 e. The second-order valence-corrected chi connectivity index (χ2v) is 4.69. The molecule has 3 heterocycles. The standard InChI is InChI=1S/C13H9N3O2S/c17-13(11-2-1-7-19-11)15-12-8-10(16-18-12)9-3-5-14-6-4-9/h1-8H,(H,15,17). The molecule has 1 amide bonds. The van der Waals surface area contributed by atoms with Crippen molar-refractivity contribution in [3.05, 3.63) is 53.0 Å². The van der Waals surface area contributed by atoms with Gasteiger partial charge in [-0.25, -0.2) is 0 Å². The highest BCUT2D eigenvalue weighted by molar-refractivity contribution is 7.12.